The molecule has 2 aromatic rings. The fourth-order valence-electron chi connectivity index (χ4n) is 1.58. The Hall–Kier alpha value is -2.41. The van der Waals surface area contributed by atoms with Gasteiger partial charge in [-0.2, -0.15) is 5.26 Å². The van der Waals surface area contributed by atoms with Gasteiger partial charge in [0.2, 0.25) is 5.69 Å². The molecule has 2 rings (SSSR count). The predicted molar refractivity (Wildman–Crippen MR) is 62.7 cm³/mol. The molecule has 0 spiro atoms. The summed E-state index contributed by atoms with van der Waals surface area (Å²) in [6.07, 6.45) is 2.96. The van der Waals surface area contributed by atoms with Gasteiger partial charge in [0, 0.05) is 12.4 Å². The molecule has 0 aliphatic carbocycles. The van der Waals surface area contributed by atoms with Crippen molar-refractivity contribution < 1.29 is 4.74 Å². The standard InChI is InChI=1S/C13H11N3O/c1-9-5-10(2)7-11(6-9)17-13-12(8-14)15-3-4-16-13/h3-7H,1-2H3. The van der Waals surface area contributed by atoms with Crippen LogP contribution >= 0.6 is 0 Å². The van der Waals surface area contributed by atoms with Gasteiger partial charge < -0.3 is 4.74 Å². The third kappa shape index (κ3) is 2.58. The van der Waals surface area contributed by atoms with Gasteiger partial charge in [-0.05, 0) is 37.1 Å². The van der Waals surface area contributed by atoms with Crippen molar-refractivity contribution >= 4 is 0 Å². The number of hydrogen-bond acceptors (Lipinski definition) is 4. The Bertz CT molecular complexity index is 567. The van der Waals surface area contributed by atoms with E-state index in [1.54, 1.807) is 0 Å². The van der Waals surface area contributed by atoms with E-state index in [0.717, 1.165) is 11.1 Å². The Labute approximate surface area is 99.5 Å². The smallest absolute Gasteiger partial charge is 0.256 e. The molecule has 0 bridgehead atoms. The molecule has 0 radical (unpaired) electrons. The highest BCUT2D eigenvalue weighted by molar-refractivity contribution is 5.38. The molecule has 0 fully saturated rings. The molecule has 0 saturated heterocycles. The lowest BCUT2D eigenvalue weighted by Crippen LogP contribution is -1.94. The summed E-state index contributed by atoms with van der Waals surface area (Å²) in [5.74, 6) is 0.902. The van der Waals surface area contributed by atoms with Gasteiger partial charge in [-0.1, -0.05) is 6.07 Å². The summed E-state index contributed by atoms with van der Waals surface area (Å²) < 4.78 is 5.57. The van der Waals surface area contributed by atoms with E-state index in [1.807, 2.05) is 32.0 Å². The van der Waals surface area contributed by atoms with Crippen molar-refractivity contribution in [3.63, 3.8) is 0 Å². The highest BCUT2D eigenvalue weighted by atomic mass is 16.5. The second kappa shape index (κ2) is 4.62. The Balaban J connectivity index is 2.35. The number of benzene rings is 1. The zero-order valence-corrected chi connectivity index (χ0v) is 9.64. The zero-order valence-electron chi connectivity index (χ0n) is 9.64. The van der Waals surface area contributed by atoms with E-state index in [4.69, 9.17) is 10.00 Å². The molecule has 0 N–H and O–H groups in total. The second-order valence-corrected chi connectivity index (χ2v) is 3.75. The molecule has 0 aliphatic heterocycles. The third-order valence-electron chi connectivity index (χ3n) is 2.18. The number of aryl methyl sites for hydroxylation is 2. The van der Waals surface area contributed by atoms with Gasteiger partial charge in [0.25, 0.3) is 5.88 Å². The van der Waals surface area contributed by atoms with Crippen LogP contribution in [0.5, 0.6) is 11.6 Å². The summed E-state index contributed by atoms with van der Waals surface area (Å²) in [5, 5.41) is 8.87. The second-order valence-electron chi connectivity index (χ2n) is 3.75. The summed E-state index contributed by atoms with van der Waals surface area (Å²) >= 11 is 0. The van der Waals surface area contributed by atoms with Crippen molar-refractivity contribution in [3.8, 4) is 17.7 Å². The molecule has 1 aromatic carbocycles. The number of nitrogens with zero attached hydrogens (tertiary/aromatic N) is 3. The Kier molecular flexibility index (Phi) is 3.01. The lowest BCUT2D eigenvalue weighted by Gasteiger charge is -2.07. The molecule has 84 valence electrons. The summed E-state index contributed by atoms with van der Waals surface area (Å²) in [7, 11) is 0. The van der Waals surface area contributed by atoms with Crippen LogP contribution in [0.4, 0.5) is 0 Å². The van der Waals surface area contributed by atoms with Crippen molar-refractivity contribution in [2.24, 2.45) is 0 Å². The highest BCUT2D eigenvalue weighted by Crippen LogP contribution is 2.23. The fraction of sp³-hybridized carbons (Fsp3) is 0.154. The largest absolute Gasteiger partial charge is 0.436 e. The quantitative estimate of drug-likeness (QED) is 0.788. The molecular formula is C13H11N3O. The first-order valence-corrected chi connectivity index (χ1v) is 5.16. The van der Waals surface area contributed by atoms with Crippen LogP contribution in [0.15, 0.2) is 30.6 Å². The lowest BCUT2D eigenvalue weighted by atomic mass is 10.1. The Morgan fingerprint density at radius 2 is 1.71 bits per heavy atom. The molecule has 17 heavy (non-hydrogen) atoms. The summed E-state index contributed by atoms with van der Waals surface area (Å²) in [4.78, 5) is 7.89. The van der Waals surface area contributed by atoms with Gasteiger partial charge >= 0.3 is 0 Å². The van der Waals surface area contributed by atoms with Crippen LogP contribution in [0.2, 0.25) is 0 Å². The molecule has 1 aromatic heterocycles. The maximum Gasteiger partial charge on any atom is 0.256 e. The molecule has 4 nitrogen and oxygen atoms in total. The molecule has 0 atom stereocenters. The van der Waals surface area contributed by atoms with Crippen molar-refractivity contribution in [3.05, 3.63) is 47.4 Å². The van der Waals surface area contributed by atoms with Crippen LogP contribution in [0.3, 0.4) is 0 Å². The molecule has 4 heteroatoms. The minimum Gasteiger partial charge on any atom is -0.436 e. The predicted octanol–water partition coefficient (Wildman–Crippen LogP) is 2.76. The van der Waals surface area contributed by atoms with Crippen LogP contribution in [-0.4, -0.2) is 9.97 Å². The van der Waals surface area contributed by atoms with E-state index in [-0.39, 0.29) is 11.6 Å². The van der Waals surface area contributed by atoms with E-state index >= 15 is 0 Å². The van der Waals surface area contributed by atoms with E-state index in [1.165, 1.54) is 12.4 Å². The van der Waals surface area contributed by atoms with Gasteiger partial charge in [0.1, 0.15) is 11.8 Å². The number of hydrogen-bond donors (Lipinski definition) is 0. The first-order valence-electron chi connectivity index (χ1n) is 5.16. The lowest BCUT2D eigenvalue weighted by molar-refractivity contribution is 0.457. The van der Waals surface area contributed by atoms with Crippen LogP contribution in [0.25, 0.3) is 0 Å². The normalized spacial score (nSPS) is 9.71. The van der Waals surface area contributed by atoms with Gasteiger partial charge in [0.15, 0.2) is 0 Å². The molecule has 0 unspecified atom stereocenters. The molecule has 0 saturated carbocycles. The first kappa shape index (κ1) is 11.1. The topological polar surface area (TPSA) is 58.8 Å². The Morgan fingerprint density at radius 1 is 1.06 bits per heavy atom. The average Bonchev–Trinajstić information content (AvgIpc) is 2.28. The molecular weight excluding hydrogens is 214 g/mol. The summed E-state index contributed by atoms with van der Waals surface area (Å²) in [6, 6.07) is 7.78. The fourth-order valence-corrected chi connectivity index (χ4v) is 1.58. The SMILES string of the molecule is Cc1cc(C)cc(Oc2nccnc2C#N)c1. The van der Waals surface area contributed by atoms with Gasteiger partial charge in [0.05, 0.1) is 0 Å². The zero-order chi connectivity index (χ0) is 12.3. The Morgan fingerprint density at radius 3 is 2.35 bits per heavy atom. The van der Waals surface area contributed by atoms with Crippen LogP contribution < -0.4 is 4.74 Å². The average molecular weight is 225 g/mol. The van der Waals surface area contributed by atoms with Crippen LogP contribution in [0.1, 0.15) is 16.8 Å². The molecule has 0 aliphatic rings. The number of rotatable bonds is 2. The molecule has 0 amide bonds. The maximum atomic E-state index is 8.87. The first-order chi connectivity index (χ1) is 8.19. The van der Waals surface area contributed by atoms with Crippen LogP contribution in [-0.2, 0) is 0 Å². The van der Waals surface area contributed by atoms with Crippen molar-refractivity contribution in [2.45, 2.75) is 13.8 Å². The van der Waals surface area contributed by atoms with Crippen molar-refractivity contribution in [1.29, 1.82) is 5.26 Å². The van der Waals surface area contributed by atoms with Gasteiger partial charge in [-0.3, -0.25) is 0 Å². The van der Waals surface area contributed by atoms with Gasteiger partial charge in [-0.15, -0.1) is 0 Å². The number of aromatic nitrogens is 2. The van der Waals surface area contributed by atoms with Crippen LogP contribution in [0, 0.1) is 25.2 Å². The maximum absolute atomic E-state index is 8.87. The summed E-state index contributed by atoms with van der Waals surface area (Å²) in [5.41, 5.74) is 2.39. The van der Waals surface area contributed by atoms with E-state index < -0.39 is 0 Å². The summed E-state index contributed by atoms with van der Waals surface area (Å²) in [6.45, 7) is 3.98. The number of ether oxygens (including phenoxy) is 1. The third-order valence-corrected chi connectivity index (χ3v) is 2.18. The van der Waals surface area contributed by atoms with E-state index in [2.05, 4.69) is 16.0 Å². The van der Waals surface area contributed by atoms with E-state index in [0.29, 0.717) is 5.75 Å². The minimum atomic E-state index is 0.187. The number of nitriles is 1. The van der Waals surface area contributed by atoms with Crippen molar-refractivity contribution in [1.82, 2.24) is 9.97 Å². The monoisotopic (exact) mass is 225 g/mol. The van der Waals surface area contributed by atoms with Crippen molar-refractivity contribution in [2.75, 3.05) is 0 Å². The van der Waals surface area contributed by atoms with E-state index in [9.17, 15) is 0 Å². The minimum absolute atomic E-state index is 0.187. The highest BCUT2D eigenvalue weighted by Gasteiger charge is 2.07. The molecule has 1 heterocycles. The van der Waals surface area contributed by atoms with Gasteiger partial charge in [-0.25, -0.2) is 9.97 Å².